The minimum atomic E-state index is -4.00. The molecule has 2 atom stereocenters. The number of hydrogen-bond acceptors (Lipinski definition) is 6. The number of ether oxygens (including phenoxy) is 1. The lowest BCUT2D eigenvalue weighted by molar-refractivity contribution is -0.142. The van der Waals surface area contributed by atoms with Gasteiger partial charge in [0.15, 0.2) is 0 Å². The molecule has 0 bridgehead atoms. The Morgan fingerprint density at radius 1 is 1.00 bits per heavy atom. The highest BCUT2D eigenvalue weighted by molar-refractivity contribution is 7.87. The van der Waals surface area contributed by atoms with Gasteiger partial charge < -0.3 is 19.1 Å². The van der Waals surface area contributed by atoms with Gasteiger partial charge in [0.25, 0.3) is 5.91 Å². The summed E-state index contributed by atoms with van der Waals surface area (Å²) in [6.07, 6.45) is 6.17. The highest BCUT2D eigenvalue weighted by Crippen LogP contribution is 2.66. The number of benzene rings is 2. The fourth-order valence-electron chi connectivity index (χ4n) is 8.02. The van der Waals surface area contributed by atoms with Gasteiger partial charge in [-0.25, -0.2) is 4.72 Å². The van der Waals surface area contributed by atoms with Gasteiger partial charge in [0.05, 0.1) is 24.8 Å². The second-order valence-electron chi connectivity index (χ2n) is 13.7. The quantitative estimate of drug-likeness (QED) is 0.332. The molecule has 2 aliphatic carbocycles. The molecule has 2 saturated carbocycles. The standard InChI is InChI=1S/C36H47N5O6S/c1-7-40(8-2)31(42)21-39(5)35(44)36-20-29(36)28-19-25(47-6)15-17-26(28)33-32(23-12-10-9-11-13-23)27-16-14-24(18-30(27)41(33)22-36)34(43)37-48(45,46)38(3)4/h14-19,23,29H,7-13,20-22H2,1-6H3,(H,37,43). The van der Waals surface area contributed by atoms with Crippen LogP contribution in [-0.2, 0) is 26.3 Å². The Morgan fingerprint density at radius 2 is 1.71 bits per heavy atom. The number of rotatable bonds is 10. The number of carbonyl (C=O) groups is 3. The van der Waals surface area contributed by atoms with Crippen LogP contribution in [0.3, 0.4) is 0 Å². The zero-order chi connectivity index (χ0) is 34.5. The van der Waals surface area contributed by atoms with E-state index in [2.05, 4.69) is 21.4 Å². The number of amides is 3. The van der Waals surface area contributed by atoms with Gasteiger partial charge in [-0.05, 0) is 80.5 Å². The summed E-state index contributed by atoms with van der Waals surface area (Å²) in [6, 6.07) is 11.5. The van der Waals surface area contributed by atoms with Crippen LogP contribution in [0.1, 0.15) is 85.7 Å². The minimum Gasteiger partial charge on any atom is -0.497 e. The third-order valence-corrected chi connectivity index (χ3v) is 12.2. The van der Waals surface area contributed by atoms with Gasteiger partial charge in [-0.2, -0.15) is 12.7 Å². The van der Waals surface area contributed by atoms with Gasteiger partial charge in [0, 0.05) is 68.7 Å². The molecule has 0 saturated heterocycles. The van der Waals surface area contributed by atoms with E-state index in [1.807, 2.05) is 26.0 Å². The van der Waals surface area contributed by atoms with E-state index >= 15 is 0 Å². The Kier molecular flexibility index (Phi) is 9.10. The molecular formula is C36H47N5O6S. The number of fused-ring (bicyclic) bond motifs is 7. The second kappa shape index (κ2) is 12.9. The number of nitrogens with one attached hydrogen (secondary N) is 1. The molecular weight excluding hydrogens is 630 g/mol. The Morgan fingerprint density at radius 3 is 2.35 bits per heavy atom. The number of aromatic nitrogens is 1. The molecule has 2 aromatic carbocycles. The van der Waals surface area contributed by atoms with Crippen molar-refractivity contribution in [1.82, 2.24) is 23.4 Å². The van der Waals surface area contributed by atoms with Crippen LogP contribution in [0.15, 0.2) is 36.4 Å². The van der Waals surface area contributed by atoms with E-state index in [0.717, 1.165) is 63.5 Å². The largest absolute Gasteiger partial charge is 0.497 e. The van der Waals surface area contributed by atoms with E-state index in [1.54, 1.807) is 36.1 Å². The van der Waals surface area contributed by atoms with Crippen molar-refractivity contribution < 1.29 is 27.5 Å². The molecule has 3 aliphatic rings. The first-order valence-corrected chi connectivity index (χ1v) is 18.4. The zero-order valence-corrected chi connectivity index (χ0v) is 29.7. The van der Waals surface area contributed by atoms with Gasteiger partial charge in [-0.3, -0.25) is 14.4 Å². The summed E-state index contributed by atoms with van der Waals surface area (Å²) in [6.45, 7) is 5.39. The maximum absolute atomic E-state index is 14.5. The van der Waals surface area contributed by atoms with Crippen LogP contribution in [0.5, 0.6) is 5.75 Å². The molecule has 3 aromatic rings. The summed E-state index contributed by atoms with van der Waals surface area (Å²) in [5.74, 6) is 0.0567. The van der Waals surface area contributed by atoms with Gasteiger partial charge in [-0.1, -0.05) is 25.3 Å². The van der Waals surface area contributed by atoms with E-state index < -0.39 is 21.5 Å². The smallest absolute Gasteiger partial charge is 0.303 e. The minimum absolute atomic E-state index is 0.00275. The second-order valence-corrected chi connectivity index (χ2v) is 15.6. The molecule has 0 spiro atoms. The molecule has 258 valence electrons. The summed E-state index contributed by atoms with van der Waals surface area (Å²) >= 11 is 0. The van der Waals surface area contributed by atoms with Crippen molar-refractivity contribution >= 4 is 38.8 Å². The van der Waals surface area contributed by atoms with Crippen LogP contribution in [0.25, 0.3) is 22.2 Å². The Bertz CT molecular complexity index is 1870. The van der Waals surface area contributed by atoms with E-state index in [4.69, 9.17) is 4.74 Å². The first-order valence-electron chi connectivity index (χ1n) is 17.0. The molecule has 1 aromatic heterocycles. The first-order chi connectivity index (χ1) is 22.9. The molecule has 2 unspecified atom stereocenters. The van der Waals surface area contributed by atoms with Crippen LogP contribution in [-0.4, -0.2) is 92.7 Å². The molecule has 6 rings (SSSR count). The molecule has 2 heterocycles. The molecule has 11 nitrogen and oxygen atoms in total. The molecule has 12 heteroatoms. The van der Waals surface area contributed by atoms with E-state index in [1.165, 1.54) is 26.1 Å². The van der Waals surface area contributed by atoms with E-state index in [0.29, 0.717) is 32.0 Å². The number of nitrogens with zero attached hydrogens (tertiary/aromatic N) is 4. The maximum Gasteiger partial charge on any atom is 0.303 e. The molecule has 2 fully saturated rings. The normalized spacial score (nSPS) is 20.4. The molecule has 1 N–H and O–H groups in total. The summed E-state index contributed by atoms with van der Waals surface area (Å²) in [7, 11) is 2.08. The zero-order valence-electron chi connectivity index (χ0n) is 28.8. The Hall–Kier alpha value is -3.90. The lowest BCUT2D eigenvalue weighted by Gasteiger charge is -2.27. The van der Waals surface area contributed by atoms with Crippen molar-refractivity contribution in [2.75, 3.05) is 47.9 Å². The molecule has 1 aliphatic heterocycles. The number of hydrogen-bond donors (Lipinski definition) is 1. The number of carbonyl (C=O) groups excluding carboxylic acids is 3. The predicted octanol–water partition coefficient (Wildman–Crippen LogP) is 4.71. The Balaban J connectivity index is 1.53. The fourth-order valence-corrected chi connectivity index (χ4v) is 8.56. The number of likely N-dealkylation sites (N-methyl/N-ethyl adjacent to an activating group) is 2. The van der Waals surface area contributed by atoms with Crippen molar-refractivity contribution in [3.05, 3.63) is 53.1 Å². The maximum atomic E-state index is 14.5. The summed E-state index contributed by atoms with van der Waals surface area (Å²) < 4.78 is 36.1. The van der Waals surface area contributed by atoms with Crippen molar-refractivity contribution in [2.24, 2.45) is 5.41 Å². The highest BCUT2D eigenvalue weighted by Gasteiger charge is 2.63. The van der Waals surface area contributed by atoms with Crippen LogP contribution in [0.4, 0.5) is 0 Å². The lowest BCUT2D eigenvalue weighted by atomic mass is 9.81. The van der Waals surface area contributed by atoms with Crippen LogP contribution in [0.2, 0.25) is 0 Å². The monoisotopic (exact) mass is 677 g/mol. The van der Waals surface area contributed by atoms with E-state index in [-0.39, 0.29) is 29.8 Å². The van der Waals surface area contributed by atoms with Crippen LogP contribution < -0.4 is 9.46 Å². The summed E-state index contributed by atoms with van der Waals surface area (Å²) in [5.41, 5.74) is 4.59. The highest BCUT2D eigenvalue weighted by atomic mass is 32.2. The van der Waals surface area contributed by atoms with Crippen molar-refractivity contribution in [3.8, 4) is 17.0 Å². The Labute approximate surface area is 283 Å². The van der Waals surface area contributed by atoms with Gasteiger partial charge in [0.1, 0.15) is 5.75 Å². The molecule has 0 radical (unpaired) electrons. The average molecular weight is 678 g/mol. The van der Waals surface area contributed by atoms with Gasteiger partial charge in [-0.15, -0.1) is 0 Å². The van der Waals surface area contributed by atoms with Crippen molar-refractivity contribution in [1.29, 1.82) is 0 Å². The average Bonchev–Trinajstić information content (AvgIpc) is 3.74. The summed E-state index contributed by atoms with van der Waals surface area (Å²) in [5, 5.41) is 1.01. The fraction of sp³-hybridized carbons (Fsp3) is 0.528. The predicted molar refractivity (Wildman–Crippen MR) is 185 cm³/mol. The summed E-state index contributed by atoms with van der Waals surface area (Å²) in [4.78, 5) is 44.3. The van der Waals surface area contributed by atoms with Gasteiger partial charge >= 0.3 is 10.2 Å². The molecule has 3 amide bonds. The third kappa shape index (κ3) is 5.76. The van der Waals surface area contributed by atoms with Crippen molar-refractivity contribution in [3.63, 3.8) is 0 Å². The third-order valence-electron chi connectivity index (χ3n) is 10.7. The van der Waals surface area contributed by atoms with Crippen LogP contribution in [0, 0.1) is 5.41 Å². The van der Waals surface area contributed by atoms with Crippen molar-refractivity contribution in [2.45, 2.75) is 70.8 Å². The SMILES string of the molecule is CCN(CC)C(=O)CN(C)C(=O)C12CC1c1cc(OC)ccc1-c1c(C3CCCCC3)c3ccc(C(=O)NS(=O)(=O)N(C)C)cc3n1C2. The van der Waals surface area contributed by atoms with Crippen LogP contribution >= 0.6 is 0 Å². The first kappa shape index (κ1) is 34.0. The number of methoxy groups -OCH3 is 1. The topological polar surface area (TPSA) is 121 Å². The molecule has 48 heavy (non-hydrogen) atoms. The lowest BCUT2D eigenvalue weighted by Crippen LogP contribution is -2.44. The van der Waals surface area contributed by atoms with E-state index in [9.17, 15) is 22.8 Å². The van der Waals surface area contributed by atoms with Gasteiger partial charge in [0.2, 0.25) is 11.8 Å².